The van der Waals surface area contributed by atoms with E-state index in [9.17, 15) is 13.2 Å². The van der Waals surface area contributed by atoms with Gasteiger partial charge in [0.05, 0.1) is 24.6 Å². The van der Waals surface area contributed by atoms with Gasteiger partial charge in [0.25, 0.3) is 10.0 Å². The summed E-state index contributed by atoms with van der Waals surface area (Å²) in [4.78, 5) is 22.7. The summed E-state index contributed by atoms with van der Waals surface area (Å²) in [5.74, 6) is 0.633. The average Bonchev–Trinajstić information content (AvgIpc) is 3.38. The lowest BCUT2D eigenvalue weighted by Crippen LogP contribution is -2.36. The first-order chi connectivity index (χ1) is 14.4. The Labute approximate surface area is 174 Å². The van der Waals surface area contributed by atoms with Crippen LogP contribution in [0.1, 0.15) is 18.1 Å². The molecule has 1 aliphatic rings. The van der Waals surface area contributed by atoms with E-state index in [0.717, 1.165) is 16.5 Å². The molecule has 0 radical (unpaired) electrons. The first kappa shape index (κ1) is 20.1. The van der Waals surface area contributed by atoms with Gasteiger partial charge in [-0.05, 0) is 43.2 Å². The van der Waals surface area contributed by atoms with Crippen molar-refractivity contribution in [2.45, 2.75) is 25.2 Å². The molecule has 2 aromatic heterocycles. The third-order valence-electron chi connectivity index (χ3n) is 5.12. The highest BCUT2D eigenvalue weighted by atomic mass is 32.2. The zero-order chi connectivity index (χ0) is 21.3. The Morgan fingerprint density at radius 2 is 1.97 bits per heavy atom. The number of aliphatic imine (C=N–C) groups is 1. The number of carbonyl (C=O) groups excluding carboxylic acids is 1. The van der Waals surface area contributed by atoms with Crippen molar-refractivity contribution in [3.8, 4) is 0 Å². The number of benzene rings is 1. The molecule has 0 bridgehead atoms. The Bertz CT molecular complexity index is 1230. The molecule has 156 valence electrons. The van der Waals surface area contributed by atoms with E-state index in [1.807, 2.05) is 6.92 Å². The molecule has 1 aromatic carbocycles. The lowest BCUT2D eigenvalue weighted by Gasteiger charge is -2.18. The Morgan fingerprint density at radius 3 is 2.70 bits per heavy atom. The van der Waals surface area contributed by atoms with Gasteiger partial charge in [0.1, 0.15) is 5.84 Å². The third kappa shape index (κ3) is 3.45. The van der Waals surface area contributed by atoms with Gasteiger partial charge in [-0.2, -0.15) is 0 Å². The first-order valence-electron chi connectivity index (χ1n) is 9.67. The number of hydrogen-bond acceptors (Lipinski definition) is 6. The Balaban J connectivity index is 1.68. The second-order valence-electron chi connectivity index (χ2n) is 6.90. The van der Waals surface area contributed by atoms with Gasteiger partial charge in [0.2, 0.25) is 0 Å². The lowest BCUT2D eigenvalue weighted by molar-refractivity contribution is 0.130. The van der Waals surface area contributed by atoms with Crippen LogP contribution in [0.25, 0.3) is 11.0 Å². The van der Waals surface area contributed by atoms with Crippen molar-refractivity contribution >= 4 is 33.0 Å². The van der Waals surface area contributed by atoms with E-state index < -0.39 is 16.1 Å². The van der Waals surface area contributed by atoms with Crippen LogP contribution in [0.4, 0.5) is 4.79 Å². The summed E-state index contributed by atoms with van der Waals surface area (Å²) in [5.41, 5.74) is 2.16. The molecule has 9 heteroatoms. The van der Waals surface area contributed by atoms with Gasteiger partial charge in [0.15, 0.2) is 5.65 Å². The van der Waals surface area contributed by atoms with Gasteiger partial charge in [-0.15, -0.1) is 0 Å². The van der Waals surface area contributed by atoms with Crippen molar-refractivity contribution in [1.29, 1.82) is 0 Å². The summed E-state index contributed by atoms with van der Waals surface area (Å²) in [7, 11) is -3.74. The van der Waals surface area contributed by atoms with Gasteiger partial charge < -0.3 is 4.74 Å². The van der Waals surface area contributed by atoms with Crippen LogP contribution >= 0.6 is 0 Å². The van der Waals surface area contributed by atoms with E-state index in [1.54, 1.807) is 49.5 Å². The molecule has 0 saturated heterocycles. The molecule has 8 nitrogen and oxygen atoms in total. The molecule has 30 heavy (non-hydrogen) atoms. The predicted molar refractivity (Wildman–Crippen MR) is 113 cm³/mol. The summed E-state index contributed by atoms with van der Waals surface area (Å²) >= 11 is 0. The number of ether oxygens (including phenoxy) is 1. The molecule has 0 unspecified atom stereocenters. The zero-order valence-corrected chi connectivity index (χ0v) is 17.6. The molecule has 3 aromatic rings. The fraction of sp³-hybridized carbons (Fsp3) is 0.286. The quantitative estimate of drug-likeness (QED) is 0.625. The van der Waals surface area contributed by atoms with Crippen molar-refractivity contribution in [1.82, 2.24) is 13.9 Å². The molecule has 0 atom stereocenters. The van der Waals surface area contributed by atoms with Crippen LogP contribution in [0, 0.1) is 6.92 Å². The summed E-state index contributed by atoms with van der Waals surface area (Å²) in [6, 6.07) is 10.0. The highest BCUT2D eigenvalue weighted by Crippen LogP contribution is 2.26. The highest BCUT2D eigenvalue weighted by Gasteiger charge is 2.26. The summed E-state index contributed by atoms with van der Waals surface area (Å²) in [6.45, 7) is 5.02. The first-order valence-corrected chi connectivity index (χ1v) is 11.1. The SMILES string of the molecule is CCOC(=O)N1CCN=C1Cc1cnc2c(ccn2S(=O)(=O)c2ccccc2)c1C. The molecule has 0 N–H and O–H groups in total. The summed E-state index contributed by atoms with van der Waals surface area (Å²) in [5, 5.41) is 0.744. The summed E-state index contributed by atoms with van der Waals surface area (Å²) < 4.78 is 32.3. The Morgan fingerprint density at radius 1 is 1.20 bits per heavy atom. The lowest BCUT2D eigenvalue weighted by atomic mass is 10.1. The van der Waals surface area contributed by atoms with E-state index in [2.05, 4.69) is 9.98 Å². The van der Waals surface area contributed by atoms with E-state index in [1.165, 1.54) is 15.1 Å². The van der Waals surface area contributed by atoms with E-state index in [-0.39, 0.29) is 4.90 Å². The van der Waals surface area contributed by atoms with Crippen LogP contribution in [-0.4, -0.2) is 53.9 Å². The molecule has 0 aliphatic carbocycles. The van der Waals surface area contributed by atoms with E-state index >= 15 is 0 Å². The number of hydrogen-bond donors (Lipinski definition) is 0. The van der Waals surface area contributed by atoms with Crippen LogP contribution in [0.15, 0.2) is 58.7 Å². The van der Waals surface area contributed by atoms with Gasteiger partial charge in [0, 0.05) is 24.2 Å². The number of aryl methyl sites for hydroxylation is 1. The number of carbonyl (C=O) groups is 1. The van der Waals surface area contributed by atoms with Crippen LogP contribution in [0.2, 0.25) is 0 Å². The molecule has 0 spiro atoms. The Kier molecular flexibility index (Phi) is 5.29. The highest BCUT2D eigenvalue weighted by molar-refractivity contribution is 7.90. The van der Waals surface area contributed by atoms with Crippen LogP contribution in [-0.2, 0) is 21.2 Å². The van der Waals surface area contributed by atoms with Crippen molar-refractivity contribution in [2.24, 2.45) is 4.99 Å². The fourth-order valence-electron chi connectivity index (χ4n) is 3.53. The molecule has 3 heterocycles. The second kappa shape index (κ2) is 7.91. The molecular weight excluding hydrogens is 404 g/mol. The number of pyridine rings is 1. The van der Waals surface area contributed by atoms with Crippen LogP contribution in [0.3, 0.4) is 0 Å². The molecule has 1 amide bonds. The average molecular weight is 426 g/mol. The number of aromatic nitrogens is 2. The summed E-state index contributed by atoms with van der Waals surface area (Å²) in [6.07, 6.45) is 3.19. The molecule has 0 saturated carbocycles. The van der Waals surface area contributed by atoms with Crippen molar-refractivity contribution < 1.29 is 17.9 Å². The van der Waals surface area contributed by atoms with E-state index in [4.69, 9.17) is 4.74 Å². The molecular formula is C21H22N4O4S. The number of rotatable bonds is 5. The van der Waals surface area contributed by atoms with Crippen molar-refractivity contribution in [3.63, 3.8) is 0 Å². The third-order valence-corrected chi connectivity index (χ3v) is 6.80. The number of fused-ring (bicyclic) bond motifs is 1. The van der Waals surface area contributed by atoms with Crippen molar-refractivity contribution in [2.75, 3.05) is 19.7 Å². The van der Waals surface area contributed by atoms with Crippen molar-refractivity contribution in [3.05, 3.63) is 59.9 Å². The van der Waals surface area contributed by atoms with Gasteiger partial charge in [-0.3, -0.25) is 9.89 Å². The smallest absolute Gasteiger partial charge is 0.415 e. The molecule has 1 aliphatic heterocycles. The predicted octanol–water partition coefficient (Wildman–Crippen LogP) is 2.99. The van der Waals surface area contributed by atoms with Gasteiger partial charge in [-0.1, -0.05) is 18.2 Å². The largest absolute Gasteiger partial charge is 0.449 e. The maximum Gasteiger partial charge on any atom is 0.415 e. The van der Waals surface area contributed by atoms with Crippen LogP contribution < -0.4 is 0 Å². The maximum absolute atomic E-state index is 13.0. The molecule has 0 fully saturated rings. The minimum absolute atomic E-state index is 0.205. The van der Waals surface area contributed by atoms with E-state index in [0.29, 0.717) is 37.6 Å². The number of nitrogens with zero attached hydrogens (tertiary/aromatic N) is 4. The van der Waals surface area contributed by atoms with Gasteiger partial charge in [-0.25, -0.2) is 22.2 Å². The topological polar surface area (TPSA) is 93.9 Å². The van der Waals surface area contributed by atoms with Crippen LogP contribution in [0.5, 0.6) is 0 Å². The minimum atomic E-state index is -3.74. The second-order valence-corrected chi connectivity index (χ2v) is 8.72. The normalized spacial score (nSPS) is 14.2. The maximum atomic E-state index is 13.0. The fourth-order valence-corrected chi connectivity index (χ4v) is 4.85. The minimum Gasteiger partial charge on any atom is -0.449 e. The zero-order valence-electron chi connectivity index (χ0n) is 16.8. The monoisotopic (exact) mass is 426 g/mol. The number of amides is 1. The number of amidine groups is 1. The Hall–Kier alpha value is -3.20. The van der Waals surface area contributed by atoms with Gasteiger partial charge >= 0.3 is 6.09 Å². The standard InChI is InChI=1S/C21H22N4O4S/c1-3-29-21(26)24-12-10-22-19(24)13-16-14-23-20-18(15(16)2)9-11-25(20)30(27,28)17-7-5-4-6-8-17/h4-9,11,14H,3,10,12-13H2,1-2H3. The molecule has 4 rings (SSSR count).